The van der Waals surface area contributed by atoms with Crippen LogP contribution >= 0.6 is 11.6 Å². The third-order valence-electron chi connectivity index (χ3n) is 3.73. The number of nitrogens with two attached hydrogens (primary N) is 1. The van der Waals surface area contributed by atoms with Gasteiger partial charge in [0.05, 0.1) is 12.1 Å². The van der Waals surface area contributed by atoms with Crippen LogP contribution in [0.4, 0.5) is 0 Å². The molecule has 1 saturated heterocycles. The van der Waals surface area contributed by atoms with E-state index >= 15 is 0 Å². The Balaban J connectivity index is 2.23. The van der Waals surface area contributed by atoms with Crippen molar-refractivity contribution in [1.82, 2.24) is 4.90 Å². The number of carbonyl (C=O) groups is 2. The lowest BCUT2D eigenvalue weighted by Crippen LogP contribution is -2.31. The Bertz CT molecular complexity index is 584. The van der Waals surface area contributed by atoms with E-state index in [4.69, 9.17) is 26.8 Å². The zero-order valence-electron chi connectivity index (χ0n) is 13.1. The number of carbonyl (C=O) groups excluding carboxylic acids is 2. The Morgan fingerprint density at radius 3 is 2.43 bits per heavy atom. The summed E-state index contributed by atoms with van der Waals surface area (Å²) < 4.78 is 10.5. The second kappa shape index (κ2) is 8.06. The molecule has 1 aliphatic rings. The average molecular weight is 341 g/mol. The number of nitrogens with zero attached hydrogens (tertiary/aromatic N) is 1. The van der Waals surface area contributed by atoms with Crippen LogP contribution in [0.1, 0.15) is 36.0 Å². The lowest BCUT2D eigenvalue weighted by Gasteiger charge is -2.21. The van der Waals surface area contributed by atoms with E-state index < -0.39 is 5.91 Å². The number of methoxy groups -OCH3 is 1. The van der Waals surface area contributed by atoms with Gasteiger partial charge in [0.15, 0.2) is 18.1 Å². The van der Waals surface area contributed by atoms with Gasteiger partial charge in [-0.1, -0.05) is 24.4 Å². The van der Waals surface area contributed by atoms with Crippen molar-refractivity contribution in [3.05, 3.63) is 22.7 Å². The molecule has 23 heavy (non-hydrogen) atoms. The van der Waals surface area contributed by atoms with Gasteiger partial charge in [-0.25, -0.2) is 0 Å². The molecule has 0 saturated carbocycles. The molecule has 0 unspecified atom stereocenters. The van der Waals surface area contributed by atoms with E-state index in [0.717, 1.165) is 38.8 Å². The number of rotatable bonds is 5. The Kier molecular flexibility index (Phi) is 6.10. The Morgan fingerprint density at radius 1 is 1.22 bits per heavy atom. The Hall–Kier alpha value is -1.95. The number of benzene rings is 1. The quantitative estimate of drug-likeness (QED) is 0.891. The molecule has 2 amide bonds. The van der Waals surface area contributed by atoms with Gasteiger partial charge in [-0.2, -0.15) is 0 Å². The van der Waals surface area contributed by atoms with E-state index in [1.165, 1.54) is 13.2 Å². The third-order valence-corrected chi connectivity index (χ3v) is 4.01. The van der Waals surface area contributed by atoms with Crippen LogP contribution in [0, 0.1) is 0 Å². The fourth-order valence-corrected chi connectivity index (χ4v) is 2.85. The Morgan fingerprint density at radius 2 is 1.87 bits per heavy atom. The van der Waals surface area contributed by atoms with Crippen molar-refractivity contribution in [2.75, 3.05) is 26.8 Å². The minimum absolute atomic E-state index is 0.0754. The molecular formula is C16H21ClN2O4. The van der Waals surface area contributed by atoms with Crippen LogP contribution in [0.3, 0.4) is 0 Å². The van der Waals surface area contributed by atoms with Gasteiger partial charge in [0.25, 0.3) is 11.8 Å². The highest BCUT2D eigenvalue weighted by Crippen LogP contribution is 2.36. The number of halogens is 1. The van der Waals surface area contributed by atoms with Crippen LogP contribution in [-0.2, 0) is 4.79 Å². The second-order valence-electron chi connectivity index (χ2n) is 5.45. The van der Waals surface area contributed by atoms with Gasteiger partial charge >= 0.3 is 0 Å². The molecule has 1 heterocycles. The molecule has 0 atom stereocenters. The standard InChI is InChI=1S/C16H21ClN2O4/c1-22-13-9-11(8-12(17)15(13)23-10-14(18)20)16(21)19-6-4-2-3-5-7-19/h8-9H,2-7,10H2,1H3,(H2,18,20). The van der Waals surface area contributed by atoms with Crippen molar-refractivity contribution in [1.29, 1.82) is 0 Å². The molecule has 2 rings (SSSR count). The molecule has 0 radical (unpaired) electrons. The molecule has 7 heteroatoms. The highest BCUT2D eigenvalue weighted by molar-refractivity contribution is 6.32. The highest BCUT2D eigenvalue weighted by Gasteiger charge is 2.21. The lowest BCUT2D eigenvalue weighted by molar-refractivity contribution is -0.119. The topological polar surface area (TPSA) is 81.9 Å². The first-order valence-electron chi connectivity index (χ1n) is 7.61. The van der Waals surface area contributed by atoms with Crippen LogP contribution < -0.4 is 15.2 Å². The second-order valence-corrected chi connectivity index (χ2v) is 5.86. The first kappa shape index (κ1) is 17.4. The van der Waals surface area contributed by atoms with Crippen LogP contribution in [-0.4, -0.2) is 43.5 Å². The van der Waals surface area contributed by atoms with Crippen molar-refractivity contribution in [3.8, 4) is 11.5 Å². The van der Waals surface area contributed by atoms with Gasteiger partial charge < -0.3 is 20.1 Å². The molecule has 0 bridgehead atoms. The number of ether oxygens (including phenoxy) is 2. The summed E-state index contributed by atoms with van der Waals surface area (Å²) in [5.74, 6) is -0.182. The maximum atomic E-state index is 12.6. The number of amides is 2. The summed E-state index contributed by atoms with van der Waals surface area (Å²) in [4.78, 5) is 25.3. The fourth-order valence-electron chi connectivity index (χ4n) is 2.58. The monoisotopic (exact) mass is 340 g/mol. The molecule has 2 N–H and O–H groups in total. The summed E-state index contributed by atoms with van der Waals surface area (Å²) >= 11 is 6.18. The summed E-state index contributed by atoms with van der Waals surface area (Å²) in [5, 5.41) is 0.212. The Labute approximate surface area is 140 Å². The average Bonchev–Trinajstić information content (AvgIpc) is 2.81. The van der Waals surface area contributed by atoms with Gasteiger partial charge in [-0.05, 0) is 25.0 Å². The van der Waals surface area contributed by atoms with Crippen LogP contribution in [0.5, 0.6) is 11.5 Å². The van der Waals surface area contributed by atoms with Crippen LogP contribution in [0.25, 0.3) is 0 Å². The largest absolute Gasteiger partial charge is 0.493 e. The van der Waals surface area contributed by atoms with Gasteiger partial charge in [0.2, 0.25) is 0 Å². The van der Waals surface area contributed by atoms with Gasteiger partial charge in [-0.15, -0.1) is 0 Å². The predicted molar refractivity (Wildman–Crippen MR) is 87.1 cm³/mol. The van der Waals surface area contributed by atoms with E-state index in [2.05, 4.69) is 0 Å². The first-order valence-corrected chi connectivity index (χ1v) is 7.98. The van der Waals surface area contributed by atoms with Crippen molar-refractivity contribution >= 4 is 23.4 Å². The maximum Gasteiger partial charge on any atom is 0.255 e. The lowest BCUT2D eigenvalue weighted by atomic mass is 10.1. The zero-order valence-corrected chi connectivity index (χ0v) is 13.9. The molecule has 1 aromatic rings. The minimum atomic E-state index is -0.618. The molecule has 126 valence electrons. The van der Waals surface area contributed by atoms with E-state index in [9.17, 15) is 9.59 Å². The summed E-state index contributed by atoms with van der Waals surface area (Å²) in [6, 6.07) is 3.11. The summed E-state index contributed by atoms with van der Waals surface area (Å²) in [5.41, 5.74) is 5.51. The molecular weight excluding hydrogens is 320 g/mol. The van der Waals surface area contributed by atoms with Crippen molar-refractivity contribution in [2.45, 2.75) is 25.7 Å². The maximum absolute atomic E-state index is 12.6. The van der Waals surface area contributed by atoms with Gasteiger partial charge in [-0.3, -0.25) is 9.59 Å². The number of likely N-dealkylation sites (tertiary alicyclic amines) is 1. The zero-order chi connectivity index (χ0) is 16.8. The van der Waals surface area contributed by atoms with Crippen molar-refractivity contribution < 1.29 is 19.1 Å². The van der Waals surface area contributed by atoms with Crippen LogP contribution in [0.2, 0.25) is 5.02 Å². The minimum Gasteiger partial charge on any atom is -0.493 e. The molecule has 1 aromatic carbocycles. The highest BCUT2D eigenvalue weighted by atomic mass is 35.5. The van der Waals surface area contributed by atoms with Gasteiger partial charge in [0.1, 0.15) is 0 Å². The van der Waals surface area contributed by atoms with Crippen LogP contribution in [0.15, 0.2) is 12.1 Å². The molecule has 6 nitrogen and oxygen atoms in total. The van der Waals surface area contributed by atoms with E-state index in [0.29, 0.717) is 11.3 Å². The molecule has 0 spiro atoms. The number of hydrogen-bond donors (Lipinski definition) is 1. The molecule has 0 aliphatic carbocycles. The predicted octanol–water partition coefficient (Wildman–Crippen LogP) is 2.23. The van der Waals surface area contributed by atoms with E-state index in [1.807, 2.05) is 4.90 Å². The SMILES string of the molecule is COc1cc(C(=O)N2CCCCCC2)cc(Cl)c1OCC(N)=O. The smallest absolute Gasteiger partial charge is 0.255 e. The molecule has 0 aromatic heterocycles. The number of hydrogen-bond acceptors (Lipinski definition) is 4. The third kappa shape index (κ3) is 4.51. The summed E-state index contributed by atoms with van der Waals surface area (Å²) in [7, 11) is 1.45. The van der Waals surface area contributed by atoms with Crippen molar-refractivity contribution in [2.24, 2.45) is 5.73 Å². The number of primary amides is 1. The van der Waals surface area contributed by atoms with E-state index in [1.54, 1.807) is 6.07 Å². The summed E-state index contributed by atoms with van der Waals surface area (Å²) in [6.45, 7) is 1.19. The fraction of sp³-hybridized carbons (Fsp3) is 0.500. The van der Waals surface area contributed by atoms with Crippen molar-refractivity contribution in [3.63, 3.8) is 0 Å². The van der Waals surface area contributed by atoms with Gasteiger partial charge in [0, 0.05) is 18.7 Å². The normalized spacial score (nSPS) is 15.0. The van der Waals surface area contributed by atoms with E-state index in [-0.39, 0.29) is 23.3 Å². The first-order chi connectivity index (χ1) is 11.0. The molecule has 1 fully saturated rings. The molecule has 1 aliphatic heterocycles. The summed E-state index contributed by atoms with van der Waals surface area (Å²) in [6.07, 6.45) is 4.31.